The lowest BCUT2D eigenvalue weighted by atomic mass is 9.91. The van der Waals surface area contributed by atoms with Gasteiger partial charge in [-0.25, -0.2) is 0 Å². The molecule has 0 N–H and O–H groups in total. The summed E-state index contributed by atoms with van der Waals surface area (Å²) in [6.07, 6.45) is 3.56. The molecule has 8 rings (SSSR count). The highest BCUT2D eigenvalue weighted by Crippen LogP contribution is 2.43. The van der Waals surface area contributed by atoms with Crippen LogP contribution in [0.3, 0.4) is 0 Å². The molecule has 0 fully saturated rings. The highest BCUT2D eigenvalue weighted by atomic mass is 32.1. The Labute approximate surface area is 217 Å². The van der Waals surface area contributed by atoms with E-state index in [4.69, 9.17) is 4.98 Å². The van der Waals surface area contributed by atoms with Gasteiger partial charge in [0.05, 0.1) is 11.0 Å². The Hall–Kier alpha value is -4.60. The Balaban J connectivity index is 1.42. The Morgan fingerprint density at radius 3 is 1.89 bits per heavy atom. The van der Waals surface area contributed by atoms with Crippen molar-refractivity contribution in [3.63, 3.8) is 0 Å². The third kappa shape index (κ3) is 3.05. The predicted molar refractivity (Wildman–Crippen MR) is 158 cm³/mol. The second kappa shape index (κ2) is 7.95. The van der Waals surface area contributed by atoms with Crippen LogP contribution in [-0.2, 0) is 0 Å². The van der Waals surface area contributed by atoms with E-state index < -0.39 is 0 Å². The molecular weight excluding hydrogens is 468 g/mol. The van der Waals surface area contributed by atoms with E-state index in [2.05, 4.69) is 114 Å². The second-order valence-electron chi connectivity index (χ2n) is 9.39. The molecule has 2 aromatic heterocycles. The van der Waals surface area contributed by atoms with E-state index in [1.165, 1.54) is 53.2 Å². The molecule has 3 heteroatoms. The van der Waals surface area contributed by atoms with Gasteiger partial charge in [-0.15, -0.1) is 11.3 Å². The molecule has 8 aromatic rings. The summed E-state index contributed by atoms with van der Waals surface area (Å²) in [5, 5.41) is 7.33. The molecule has 0 amide bonds. The summed E-state index contributed by atoms with van der Waals surface area (Å²) in [6, 6.07) is 39.5. The summed E-state index contributed by atoms with van der Waals surface area (Å²) in [5.41, 5.74) is 6.88. The maximum Gasteiger partial charge on any atom is 0.0971 e. The number of rotatable bonds is 2. The van der Waals surface area contributed by atoms with Crippen molar-refractivity contribution in [2.45, 2.75) is 0 Å². The van der Waals surface area contributed by atoms with Gasteiger partial charge in [0, 0.05) is 48.9 Å². The molecule has 2 heterocycles. The van der Waals surface area contributed by atoms with Crippen molar-refractivity contribution in [3.05, 3.63) is 122 Å². The normalized spacial score (nSPS) is 11.8. The van der Waals surface area contributed by atoms with Crippen LogP contribution in [0.15, 0.2) is 122 Å². The first-order valence-electron chi connectivity index (χ1n) is 12.4. The van der Waals surface area contributed by atoms with Crippen molar-refractivity contribution < 1.29 is 0 Å². The highest BCUT2D eigenvalue weighted by Gasteiger charge is 2.15. The zero-order chi connectivity index (χ0) is 24.3. The third-order valence-electron chi connectivity index (χ3n) is 7.38. The van der Waals surface area contributed by atoms with Gasteiger partial charge in [0.1, 0.15) is 0 Å². The Morgan fingerprint density at radius 2 is 1.05 bits per heavy atom. The van der Waals surface area contributed by atoms with Crippen LogP contribution in [0.25, 0.3) is 75.0 Å². The fraction of sp³-hybridized carbons (Fsp3) is 0. The lowest BCUT2D eigenvalue weighted by molar-refractivity contribution is 1.31. The van der Waals surface area contributed by atoms with E-state index in [-0.39, 0.29) is 0 Å². The summed E-state index contributed by atoms with van der Waals surface area (Å²) in [7, 11) is 0. The Morgan fingerprint density at radius 1 is 0.432 bits per heavy atom. The van der Waals surface area contributed by atoms with Gasteiger partial charge in [-0.05, 0) is 39.6 Å². The minimum Gasteiger partial charge on any atom is -0.252 e. The van der Waals surface area contributed by atoms with E-state index in [1.54, 1.807) is 12.4 Å². The topological polar surface area (TPSA) is 25.8 Å². The van der Waals surface area contributed by atoms with Crippen LogP contribution in [0.1, 0.15) is 0 Å². The summed E-state index contributed by atoms with van der Waals surface area (Å²) < 4.78 is 2.66. The van der Waals surface area contributed by atoms with Crippen LogP contribution in [0.2, 0.25) is 0 Å². The molecule has 0 spiro atoms. The quantitative estimate of drug-likeness (QED) is 0.226. The van der Waals surface area contributed by atoms with Gasteiger partial charge < -0.3 is 0 Å². The number of hydrogen-bond donors (Lipinski definition) is 0. The standard InChI is InChI=1S/C34H20N2S/c1-2-9-23(28-13-7-14-29-25-11-5-6-15-31(25)37-34(28)29)22(8-1)21-16-17-27-30(20-21)24-10-3-4-12-26(24)32-33(27)36-19-18-35-32/h1-20H. The van der Waals surface area contributed by atoms with Crippen LogP contribution >= 0.6 is 11.3 Å². The molecule has 0 aliphatic carbocycles. The van der Waals surface area contributed by atoms with Gasteiger partial charge >= 0.3 is 0 Å². The predicted octanol–water partition coefficient (Wildman–Crippen LogP) is 9.64. The van der Waals surface area contributed by atoms with Crippen LogP contribution in [0.4, 0.5) is 0 Å². The van der Waals surface area contributed by atoms with Crippen molar-refractivity contribution in [3.8, 4) is 22.3 Å². The van der Waals surface area contributed by atoms with Gasteiger partial charge in [0.2, 0.25) is 0 Å². The summed E-state index contributed by atoms with van der Waals surface area (Å²) in [4.78, 5) is 9.40. The molecular formula is C34H20N2S. The first kappa shape index (κ1) is 20.6. The number of fused-ring (bicyclic) bond motifs is 9. The monoisotopic (exact) mass is 488 g/mol. The molecule has 172 valence electrons. The Kier molecular flexibility index (Phi) is 4.42. The van der Waals surface area contributed by atoms with Crippen molar-refractivity contribution in [1.29, 1.82) is 0 Å². The van der Waals surface area contributed by atoms with Crippen molar-refractivity contribution in [1.82, 2.24) is 9.97 Å². The summed E-state index contributed by atoms with van der Waals surface area (Å²) in [5.74, 6) is 0. The fourth-order valence-electron chi connectivity index (χ4n) is 5.73. The van der Waals surface area contributed by atoms with Crippen LogP contribution in [0, 0.1) is 0 Å². The average Bonchev–Trinajstić information content (AvgIpc) is 3.36. The SMILES string of the molecule is c1ccc(-c2cccc3c2sc2ccccc23)c(-c2ccc3c(c2)c2ccccc2c2nccnc32)c1. The minimum absolute atomic E-state index is 0.950. The number of thiophene rings is 1. The second-order valence-corrected chi connectivity index (χ2v) is 10.4. The third-order valence-corrected chi connectivity index (χ3v) is 8.60. The molecule has 6 aromatic carbocycles. The van der Waals surface area contributed by atoms with Crippen molar-refractivity contribution >= 4 is 64.1 Å². The van der Waals surface area contributed by atoms with Crippen molar-refractivity contribution in [2.75, 3.05) is 0 Å². The number of aromatic nitrogens is 2. The molecule has 0 aliphatic heterocycles. The Bertz CT molecular complexity index is 2120. The zero-order valence-corrected chi connectivity index (χ0v) is 20.7. The van der Waals surface area contributed by atoms with Gasteiger partial charge in [-0.1, -0.05) is 97.1 Å². The molecule has 0 saturated carbocycles. The van der Waals surface area contributed by atoms with E-state index in [0.717, 1.165) is 21.8 Å². The zero-order valence-electron chi connectivity index (χ0n) is 19.8. The number of hydrogen-bond acceptors (Lipinski definition) is 3. The molecule has 0 aliphatic rings. The number of nitrogens with zero attached hydrogens (tertiary/aromatic N) is 2. The smallest absolute Gasteiger partial charge is 0.0971 e. The van der Waals surface area contributed by atoms with Gasteiger partial charge in [0.25, 0.3) is 0 Å². The highest BCUT2D eigenvalue weighted by molar-refractivity contribution is 7.26. The summed E-state index contributed by atoms with van der Waals surface area (Å²) in [6.45, 7) is 0. The lowest BCUT2D eigenvalue weighted by Crippen LogP contribution is -1.90. The first-order chi connectivity index (χ1) is 18.4. The van der Waals surface area contributed by atoms with Crippen molar-refractivity contribution in [2.24, 2.45) is 0 Å². The molecule has 2 nitrogen and oxygen atoms in total. The molecule has 0 atom stereocenters. The molecule has 37 heavy (non-hydrogen) atoms. The maximum atomic E-state index is 4.72. The van der Waals surface area contributed by atoms with E-state index in [1.807, 2.05) is 11.3 Å². The molecule has 0 bridgehead atoms. The van der Waals surface area contributed by atoms with E-state index in [9.17, 15) is 0 Å². The van der Waals surface area contributed by atoms with Crippen LogP contribution in [0.5, 0.6) is 0 Å². The minimum atomic E-state index is 0.950. The van der Waals surface area contributed by atoms with Gasteiger partial charge in [0.15, 0.2) is 0 Å². The molecule has 0 saturated heterocycles. The number of benzene rings is 6. The molecule has 0 radical (unpaired) electrons. The van der Waals surface area contributed by atoms with E-state index in [0.29, 0.717) is 0 Å². The first-order valence-corrected chi connectivity index (χ1v) is 13.2. The van der Waals surface area contributed by atoms with Crippen LogP contribution < -0.4 is 0 Å². The fourth-order valence-corrected chi connectivity index (χ4v) is 6.96. The molecule has 0 unspecified atom stereocenters. The van der Waals surface area contributed by atoms with E-state index >= 15 is 0 Å². The maximum absolute atomic E-state index is 4.72. The lowest BCUT2D eigenvalue weighted by Gasteiger charge is -2.14. The largest absolute Gasteiger partial charge is 0.252 e. The average molecular weight is 489 g/mol. The van der Waals surface area contributed by atoms with Crippen LogP contribution in [-0.4, -0.2) is 9.97 Å². The van der Waals surface area contributed by atoms with Gasteiger partial charge in [-0.3, -0.25) is 9.97 Å². The summed E-state index contributed by atoms with van der Waals surface area (Å²) >= 11 is 1.88. The van der Waals surface area contributed by atoms with Gasteiger partial charge in [-0.2, -0.15) is 0 Å².